The molecule has 2 fully saturated rings. The average molecular weight is 580 g/mol. The van der Waals surface area contributed by atoms with E-state index in [4.69, 9.17) is 14.7 Å². The molecule has 0 spiro atoms. The molecular weight excluding hydrogens is 538 g/mol. The largest absolute Gasteiger partial charge is 0.462 e. The number of ether oxygens (including phenoxy) is 1. The molecule has 1 aromatic heterocycles. The number of piperazine rings is 1. The minimum atomic E-state index is -0.209. The number of aromatic nitrogens is 2. The van der Waals surface area contributed by atoms with Crippen molar-refractivity contribution in [1.82, 2.24) is 19.8 Å². The molecule has 1 unspecified atom stereocenters. The van der Waals surface area contributed by atoms with Crippen LogP contribution in [0.3, 0.4) is 0 Å². The number of fused-ring (bicyclic) bond motifs is 2. The summed E-state index contributed by atoms with van der Waals surface area (Å²) in [7, 11) is 2.15. The molecule has 3 aliphatic heterocycles. The molecule has 224 valence electrons. The maximum atomic E-state index is 13.0. The number of likely N-dealkylation sites (tertiary alicyclic amines) is 1. The zero-order valence-corrected chi connectivity index (χ0v) is 25.5. The highest BCUT2D eigenvalue weighted by Crippen LogP contribution is 2.35. The zero-order valence-electron chi connectivity index (χ0n) is 25.5. The lowest BCUT2D eigenvalue weighted by atomic mass is 10.0. The second-order valence-corrected chi connectivity index (χ2v) is 12.2. The molecule has 2 aromatic carbocycles. The van der Waals surface area contributed by atoms with E-state index in [0.717, 1.165) is 48.6 Å². The van der Waals surface area contributed by atoms with Crippen LogP contribution in [0.2, 0.25) is 0 Å². The Morgan fingerprint density at radius 3 is 2.67 bits per heavy atom. The number of rotatable bonds is 7. The van der Waals surface area contributed by atoms with Crippen molar-refractivity contribution in [3.8, 4) is 12.1 Å². The van der Waals surface area contributed by atoms with Crippen LogP contribution in [0.15, 0.2) is 54.1 Å². The van der Waals surface area contributed by atoms with E-state index < -0.39 is 0 Å². The summed E-state index contributed by atoms with van der Waals surface area (Å²) >= 11 is 0. The molecule has 0 N–H and O–H groups in total. The van der Waals surface area contributed by atoms with Gasteiger partial charge in [0.2, 0.25) is 5.91 Å². The van der Waals surface area contributed by atoms with Crippen LogP contribution in [-0.4, -0.2) is 84.1 Å². The lowest BCUT2D eigenvalue weighted by molar-refractivity contribution is -0.128. The lowest BCUT2D eigenvalue weighted by Gasteiger charge is -2.42. The van der Waals surface area contributed by atoms with Gasteiger partial charge in [0.1, 0.15) is 12.4 Å². The first-order valence-electron chi connectivity index (χ1n) is 15.4. The Morgan fingerprint density at radius 2 is 1.88 bits per heavy atom. The number of benzene rings is 2. The van der Waals surface area contributed by atoms with E-state index >= 15 is 0 Å². The van der Waals surface area contributed by atoms with Crippen LogP contribution in [0.4, 0.5) is 11.5 Å². The Labute approximate surface area is 254 Å². The van der Waals surface area contributed by atoms with Crippen molar-refractivity contribution in [2.24, 2.45) is 0 Å². The average Bonchev–Trinajstić information content (AvgIpc) is 3.43. The summed E-state index contributed by atoms with van der Waals surface area (Å²) < 4.78 is 6.31. The van der Waals surface area contributed by atoms with Crippen molar-refractivity contribution in [3.63, 3.8) is 0 Å². The van der Waals surface area contributed by atoms with E-state index in [2.05, 4.69) is 70.3 Å². The molecule has 3 aliphatic rings. The van der Waals surface area contributed by atoms with E-state index in [9.17, 15) is 10.1 Å². The normalized spacial score (nSPS) is 20.6. The number of amides is 1. The van der Waals surface area contributed by atoms with Crippen LogP contribution in [-0.2, 0) is 17.8 Å². The first-order valence-corrected chi connectivity index (χ1v) is 15.4. The monoisotopic (exact) mass is 579 g/mol. The van der Waals surface area contributed by atoms with E-state index in [1.165, 1.54) is 22.9 Å². The Morgan fingerprint density at radius 1 is 1.05 bits per heavy atom. The Balaban J connectivity index is 1.32. The molecule has 9 nitrogen and oxygen atoms in total. The number of nitriles is 1. The first kappa shape index (κ1) is 28.9. The molecular formula is C34H41N7O2. The third-order valence-electron chi connectivity index (χ3n) is 9.01. The minimum absolute atomic E-state index is 0.0277. The Hall–Kier alpha value is -4.16. The third kappa shape index (κ3) is 6.16. The quantitative estimate of drug-likeness (QED) is 0.377. The predicted octanol–water partition coefficient (Wildman–Crippen LogP) is 4.56. The molecule has 4 heterocycles. The molecule has 1 amide bonds. The van der Waals surface area contributed by atoms with E-state index in [1.54, 1.807) is 6.08 Å². The summed E-state index contributed by atoms with van der Waals surface area (Å²) in [6.45, 7) is 8.75. The minimum Gasteiger partial charge on any atom is -0.462 e. The van der Waals surface area contributed by atoms with Gasteiger partial charge in [0.15, 0.2) is 0 Å². The summed E-state index contributed by atoms with van der Waals surface area (Å²) in [5, 5.41) is 12.1. The smallest absolute Gasteiger partial charge is 0.318 e. The second-order valence-electron chi connectivity index (χ2n) is 12.2. The summed E-state index contributed by atoms with van der Waals surface area (Å²) in [5.41, 5.74) is 4.29. The van der Waals surface area contributed by atoms with Gasteiger partial charge in [-0.25, -0.2) is 0 Å². The zero-order chi connectivity index (χ0) is 29.9. The van der Waals surface area contributed by atoms with Gasteiger partial charge in [-0.3, -0.25) is 4.79 Å². The van der Waals surface area contributed by atoms with E-state index in [-0.39, 0.29) is 18.4 Å². The maximum Gasteiger partial charge on any atom is 0.318 e. The summed E-state index contributed by atoms with van der Waals surface area (Å²) in [5.74, 6) is 0.856. The topological polar surface area (TPSA) is 88.8 Å². The highest BCUT2D eigenvalue weighted by molar-refractivity contribution is 5.94. The molecule has 2 atom stereocenters. The molecule has 9 heteroatoms. The molecule has 0 saturated carbocycles. The van der Waals surface area contributed by atoms with Crippen LogP contribution in [0.5, 0.6) is 6.01 Å². The van der Waals surface area contributed by atoms with Crippen LogP contribution in [0.1, 0.15) is 44.4 Å². The van der Waals surface area contributed by atoms with Gasteiger partial charge in [-0.1, -0.05) is 42.0 Å². The van der Waals surface area contributed by atoms with Crippen molar-refractivity contribution in [3.05, 3.63) is 65.4 Å². The molecule has 0 bridgehead atoms. The van der Waals surface area contributed by atoms with Gasteiger partial charge < -0.3 is 24.3 Å². The summed E-state index contributed by atoms with van der Waals surface area (Å²) in [4.78, 5) is 31.8. The second kappa shape index (κ2) is 12.6. The number of carbonyl (C=O) groups excluding carboxylic acids is 1. The van der Waals surface area contributed by atoms with Crippen molar-refractivity contribution in [2.45, 2.75) is 58.2 Å². The van der Waals surface area contributed by atoms with Gasteiger partial charge in [0.05, 0.1) is 30.8 Å². The number of likely N-dealkylation sites (N-methyl/N-ethyl adjacent to an activating group) is 1. The van der Waals surface area contributed by atoms with Gasteiger partial charge in [0, 0.05) is 54.9 Å². The number of carbonyl (C=O) groups is 1. The van der Waals surface area contributed by atoms with Gasteiger partial charge in [0.25, 0.3) is 0 Å². The van der Waals surface area contributed by atoms with Crippen LogP contribution < -0.4 is 14.5 Å². The van der Waals surface area contributed by atoms with Gasteiger partial charge in [-0.15, -0.1) is 0 Å². The van der Waals surface area contributed by atoms with Crippen LogP contribution in [0.25, 0.3) is 10.8 Å². The number of hydrogen-bond acceptors (Lipinski definition) is 8. The maximum absolute atomic E-state index is 13.0. The Kier molecular flexibility index (Phi) is 8.48. The SMILES string of the molecule is CC(C)=CC(=O)N1CCN(c2nc(OC[C@@H]3CCCN3C)nc3c2CCN(c2cccc4ccccc24)C3)CC1CC#N. The predicted molar refractivity (Wildman–Crippen MR) is 169 cm³/mol. The fourth-order valence-electron chi connectivity index (χ4n) is 6.71. The van der Waals surface area contributed by atoms with E-state index in [1.807, 2.05) is 18.7 Å². The summed E-state index contributed by atoms with van der Waals surface area (Å²) in [6.07, 6.45) is 5.04. The Bertz CT molecular complexity index is 1550. The highest BCUT2D eigenvalue weighted by Gasteiger charge is 2.34. The van der Waals surface area contributed by atoms with Gasteiger partial charge in [-0.2, -0.15) is 15.2 Å². The van der Waals surface area contributed by atoms with Gasteiger partial charge >= 0.3 is 6.01 Å². The van der Waals surface area contributed by atoms with Crippen LogP contribution in [0, 0.1) is 11.3 Å². The molecule has 0 radical (unpaired) electrons. The molecule has 3 aromatic rings. The van der Waals surface area contributed by atoms with Gasteiger partial charge in [-0.05, 0) is 58.2 Å². The number of hydrogen-bond donors (Lipinski definition) is 0. The molecule has 43 heavy (non-hydrogen) atoms. The van der Waals surface area contributed by atoms with Crippen molar-refractivity contribution in [2.75, 3.05) is 56.2 Å². The third-order valence-corrected chi connectivity index (χ3v) is 9.01. The number of allylic oxidation sites excluding steroid dienone is 1. The summed E-state index contributed by atoms with van der Waals surface area (Å²) in [6, 6.07) is 17.8. The first-order chi connectivity index (χ1) is 20.9. The van der Waals surface area contributed by atoms with Crippen molar-refractivity contribution >= 4 is 28.2 Å². The number of anilines is 2. The van der Waals surface area contributed by atoms with Crippen molar-refractivity contribution < 1.29 is 9.53 Å². The lowest BCUT2D eigenvalue weighted by Crippen LogP contribution is -2.55. The van der Waals surface area contributed by atoms with Crippen LogP contribution >= 0.6 is 0 Å². The molecule has 6 rings (SSSR count). The standard InChI is InChI=1S/C34H41N7O2/c1-24(2)20-32(42)41-19-18-40(21-26(41)13-15-35)33-29-14-17-39(31-12-6-9-25-8-4-5-11-28(25)31)22-30(29)36-34(37-33)43-23-27-10-7-16-38(27)3/h4-6,8-9,11-12,20,26-27H,7,10,13-14,16-19,21-23H2,1-3H3/t26?,27-/m0/s1. The number of nitrogens with zero attached hydrogens (tertiary/aromatic N) is 7. The van der Waals surface area contributed by atoms with E-state index in [0.29, 0.717) is 44.8 Å². The molecule has 2 saturated heterocycles. The molecule has 0 aliphatic carbocycles. The fraction of sp³-hybridized carbons (Fsp3) is 0.471. The highest BCUT2D eigenvalue weighted by atomic mass is 16.5. The van der Waals surface area contributed by atoms with Crippen molar-refractivity contribution in [1.29, 1.82) is 5.26 Å². The fourth-order valence-corrected chi connectivity index (χ4v) is 6.71.